The first kappa shape index (κ1) is 16.8. The Hall–Kier alpha value is -2.40. The number of thiophene rings is 1. The van der Waals surface area contributed by atoms with Gasteiger partial charge in [-0.05, 0) is 54.3 Å². The number of amides is 1. The molecule has 0 saturated carbocycles. The molecule has 5 rings (SSSR count). The predicted molar refractivity (Wildman–Crippen MR) is 112 cm³/mol. The molecule has 138 valence electrons. The molecule has 1 amide bonds. The van der Waals surface area contributed by atoms with E-state index in [0.29, 0.717) is 12.3 Å². The molecule has 2 aliphatic rings. The summed E-state index contributed by atoms with van der Waals surface area (Å²) in [7, 11) is 0. The van der Waals surface area contributed by atoms with Gasteiger partial charge in [0, 0.05) is 48.0 Å². The van der Waals surface area contributed by atoms with E-state index in [0.717, 1.165) is 50.4 Å². The highest BCUT2D eigenvalue weighted by Gasteiger charge is 2.28. The van der Waals surface area contributed by atoms with Crippen molar-refractivity contribution in [1.82, 2.24) is 4.98 Å². The molecule has 0 unspecified atom stereocenters. The third kappa shape index (κ3) is 3.10. The van der Waals surface area contributed by atoms with Crippen LogP contribution in [-0.4, -0.2) is 30.5 Å². The number of rotatable bonds is 3. The van der Waals surface area contributed by atoms with Gasteiger partial charge in [0.05, 0.1) is 0 Å². The van der Waals surface area contributed by atoms with E-state index < -0.39 is 0 Å². The molecule has 2 aliphatic heterocycles. The number of aromatic nitrogens is 1. The van der Waals surface area contributed by atoms with Crippen molar-refractivity contribution in [3.63, 3.8) is 0 Å². The van der Waals surface area contributed by atoms with Crippen LogP contribution in [0, 0.1) is 5.92 Å². The van der Waals surface area contributed by atoms with Crippen LogP contribution in [0.2, 0.25) is 0 Å². The van der Waals surface area contributed by atoms with Crippen LogP contribution in [0.25, 0.3) is 10.1 Å². The van der Waals surface area contributed by atoms with Gasteiger partial charge < -0.3 is 9.80 Å². The molecule has 27 heavy (non-hydrogen) atoms. The Morgan fingerprint density at radius 1 is 1.11 bits per heavy atom. The van der Waals surface area contributed by atoms with Crippen molar-refractivity contribution in [2.24, 2.45) is 5.92 Å². The maximum Gasteiger partial charge on any atom is 0.227 e. The number of hydrogen-bond acceptors (Lipinski definition) is 4. The van der Waals surface area contributed by atoms with Crippen LogP contribution in [0.4, 0.5) is 11.5 Å². The second-order valence-corrected chi connectivity index (χ2v) is 8.47. The van der Waals surface area contributed by atoms with Crippen molar-refractivity contribution in [3.05, 3.63) is 53.5 Å². The first-order chi connectivity index (χ1) is 13.3. The number of hydrogen-bond donors (Lipinski definition) is 0. The lowest BCUT2D eigenvalue weighted by Crippen LogP contribution is -2.37. The lowest BCUT2D eigenvalue weighted by Gasteiger charge is -2.33. The van der Waals surface area contributed by atoms with Gasteiger partial charge in [0.15, 0.2) is 0 Å². The van der Waals surface area contributed by atoms with Crippen molar-refractivity contribution < 1.29 is 4.79 Å². The summed E-state index contributed by atoms with van der Waals surface area (Å²) >= 11 is 1.77. The van der Waals surface area contributed by atoms with Crippen LogP contribution < -0.4 is 9.80 Å². The first-order valence-corrected chi connectivity index (χ1v) is 10.6. The number of carbonyl (C=O) groups excluding carboxylic acids is 1. The van der Waals surface area contributed by atoms with Gasteiger partial charge in [-0.3, -0.25) is 4.79 Å². The molecule has 3 aromatic rings. The average Bonchev–Trinajstić information content (AvgIpc) is 3.35. The SMILES string of the molecule is O=C(CC1CCN(c2nccc3sccc23)CC1)N1CCc2ccccc21. The number of piperidine rings is 1. The fraction of sp³-hybridized carbons (Fsp3) is 0.364. The maximum absolute atomic E-state index is 12.9. The van der Waals surface area contributed by atoms with E-state index in [1.807, 2.05) is 17.2 Å². The van der Waals surface area contributed by atoms with E-state index in [9.17, 15) is 4.79 Å². The highest BCUT2D eigenvalue weighted by Crippen LogP contribution is 2.33. The van der Waals surface area contributed by atoms with Crippen molar-refractivity contribution in [1.29, 1.82) is 0 Å². The van der Waals surface area contributed by atoms with Crippen molar-refractivity contribution in [3.8, 4) is 0 Å². The molecular formula is C22H23N3OS. The van der Waals surface area contributed by atoms with Gasteiger partial charge in [0.2, 0.25) is 5.91 Å². The van der Waals surface area contributed by atoms with Gasteiger partial charge in [0.25, 0.3) is 0 Å². The molecule has 0 N–H and O–H groups in total. The molecule has 4 heterocycles. The zero-order chi connectivity index (χ0) is 18.2. The smallest absolute Gasteiger partial charge is 0.227 e. The zero-order valence-corrected chi connectivity index (χ0v) is 16.1. The highest BCUT2D eigenvalue weighted by molar-refractivity contribution is 7.17. The molecule has 1 fully saturated rings. The average molecular weight is 378 g/mol. The summed E-state index contributed by atoms with van der Waals surface area (Å²) in [6.45, 7) is 2.80. The number of benzene rings is 1. The molecule has 2 aromatic heterocycles. The fourth-order valence-corrected chi connectivity index (χ4v) is 5.21. The summed E-state index contributed by atoms with van der Waals surface area (Å²) in [5, 5.41) is 3.39. The molecule has 5 heteroatoms. The molecule has 0 atom stereocenters. The molecule has 1 aromatic carbocycles. The van der Waals surface area contributed by atoms with E-state index in [2.05, 4.69) is 45.6 Å². The first-order valence-electron chi connectivity index (χ1n) is 9.75. The van der Waals surface area contributed by atoms with Crippen molar-refractivity contribution >= 4 is 38.8 Å². The summed E-state index contributed by atoms with van der Waals surface area (Å²) in [6.07, 6.45) is 5.68. The standard InChI is InChI=1S/C22H23N3OS/c26-21(25-13-8-17-3-1-2-4-19(17)25)15-16-6-11-24(12-7-16)22-18-9-14-27-20(18)5-10-23-22/h1-5,9-10,14,16H,6-8,11-13,15H2. The maximum atomic E-state index is 12.9. The molecule has 0 spiro atoms. The van der Waals surface area contributed by atoms with Crippen LogP contribution in [-0.2, 0) is 11.2 Å². The van der Waals surface area contributed by atoms with Gasteiger partial charge in [-0.15, -0.1) is 11.3 Å². The molecular weight excluding hydrogens is 354 g/mol. The number of pyridine rings is 1. The number of anilines is 2. The minimum absolute atomic E-state index is 0.288. The Morgan fingerprint density at radius 2 is 1.96 bits per heavy atom. The Kier molecular flexibility index (Phi) is 4.32. The third-order valence-electron chi connectivity index (χ3n) is 5.92. The van der Waals surface area contributed by atoms with Crippen LogP contribution in [0.5, 0.6) is 0 Å². The van der Waals surface area contributed by atoms with Gasteiger partial charge in [-0.25, -0.2) is 4.98 Å². The number of carbonyl (C=O) groups is 1. The molecule has 0 aliphatic carbocycles. The van der Waals surface area contributed by atoms with Crippen LogP contribution in [0.15, 0.2) is 48.0 Å². The largest absolute Gasteiger partial charge is 0.356 e. The van der Waals surface area contributed by atoms with E-state index >= 15 is 0 Å². The quantitative estimate of drug-likeness (QED) is 0.675. The van der Waals surface area contributed by atoms with E-state index in [1.165, 1.54) is 15.6 Å². The fourth-order valence-electron chi connectivity index (χ4n) is 4.44. The number of para-hydroxylation sites is 1. The van der Waals surface area contributed by atoms with Gasteiger partial charge >= 0.3 is 0 Å². The van der Waals surface area contributed by atoms with E-state index in [1.54, 1.807) is 11.3 Å². The summed E-state index contributed by atoms with van der Waals surface area (Å²) in [6, 6.07) is 12.6. The lowest BCUT2D eigenvalue weighted by molar-refractivity contribution is -0.119. The number of nitrogens with zero attached hydrogens (tertiary/aromatic N) is 3. The predicted octanol–water partition coefficient (Wildman–Crippen LogP) is 4.49. The molecule has 0 radical (unpaired) electrons. The van der Waals surface area contributed by atoms with Crippen LogP contribution in [0.1, 0.15) is 24.8 Å². The number of fused-ring (bicyclic) bond motifs is 2. The Balaban J connectivity index is 1.23. The summed E-state index contributed by atoms with van der Waals surface area (Å²) < 4.78 is 1.30. The van der Waals surface area contributed by atoms with Gasteiger partial charge in [-0.2, -0.15) is 0 Å². The van der Waals surface area contributed by atoms with Crippen LogP contribution in [0.3, 0.4) is 0 Å². The van der Waals surface area contributed by atoms with Gasteiger partial charge in [0.1, 0.15) is 5.82 Å². The van der Waals surface area contributed by atoms with E-state index in [-0.39, 0.29) is 5.91 Å². The summed E-state index contributed by atoms with van der Waals surface area (Å²) in [5.41, 5.74) is 2.42. The molecule has 1 saturated heterocycles. The lowest BCUT2D eigenvalue weighted by atomic mass is 9.93. The Labute approximate surface area is 163 Å². The zero-order valence-electron chi connectivity index (χ0n) is 15.3. The Bertz CT molecular complexity index is 974. The third-order valence-corrected chi connectivity index (χ3v) is 6.81. The van der Waals surface area contributed by atoms with Crippen molar-refractivity contribution in [2.75, 3.05) is 29.4 Å². The summed E-state index contributed by atoms with van der Waals surface area (Å²) in [5.74, 6) is 1.87. The second kappa shape index (κ2) is 6.97. The summed E-state index contributed by atoms with van der Waals surface area (Å²) in [4.78, 5) is 21.9. The Morgan fingerprint density at radius 3 is 2.85 bits per heavy atom. The van der Waals surface area contributed by atoms with Gasteiger partial charge in [-0.1, -0.05) is 18.2 Å². The van der Waals surface area contributed by atoms with E-state index in [4.69, 9.17) is 0 Å². The normalized spacial score (nSPS) is 17.5. The topological polar surface area (TPSA) is 36.4 Å². The minimum Gasteiger partial charge on any atom is -0.356 e. The minimum atomic E-state index is 0.288. The highest BCUT2D eigenvalue weighted by atomic mass is 32.1. The second-order valence-electron chi connectivity index (χ2n) is 7.53. The monoisotopic (exact) mass is 377 g/mol. The van der Waals surface area contributed by atoms with Crippen molar-refractivity contribution in [2.45, 2.75) is 25.7 Å². The molecule has 0 bridgehead atoms. The van der Waals surface area contributed by atoms with Crippen LogP contribution >= 0.6 is 11.3 Å². The molecule has 4 nitrogen and oxygen atoms in total.